The first kappa shape index (κ1) is 12.2. The van der Waals surface area contributed by atoms with Gasteiger partial charge in [0.2, 0.25) is 5.91 Å². The molecule has 0 saturated carbocycles. The lowest BCUT2D eigenvalue weighted by molar-refractivity contribution is -0.121. The van der Waals surface area contributed by atoms with Crippen molar-refractivity contribution in [3.05, 3.63) is 35.9 Å². The highest BCUT2D eigenvalue weighted by Gasteiger charge is 2.15. The molecule has 0 aromatic heterocycles. The van der Waals surface area contributed by atoms with Gasteiger partial charge in [0, 0.05) is 19.2 Å². The second-order valence-electron chi connectivity index (χ2n) is 3.36. The van der Waals surface area contributed by atoms with E-state index in [4.69, 9.17) is 0 Å². The number of carbonyl (C=O) groups is 2. The van der Waals surface area contributed by atoms with Gasteiger partial charge in [0.25, 0.3) is 5.91 Å². The molecule has 4 nitrogen and oxygen atoms in total. The first-order valence-corrected chi connectivity index (χ1v) is 5.24. The van der Waals surface area contributed by atoms with E-state index in [1.165, 1.54) is 4.90 Å². The highest BCUT2D eigenvalue weighted by molar-refractivity contribution is 5.96. The van der Waals surface area contributed by atoms with Crippen molar-refractivity contribution in [1.82, 2.24) is 10.2 Å². The third-order valence-electron chi connectivity index (χ3n) is 2.30. The summed E-state index contributed by atoms with van der Waals surface area (Å²) in [6, 6.07) is 8.96. The van der Waals surface area contributed by atoms with Gasteiger partial charge in [-0.3, -0.25) is 9.59 Å². The molecular weight excluding hydrogens is 204 g/mol. The largest absolute Gasteiger partial charge is 0.358 e. The molecule has 86 valence electrons. The molecular formula is C12H16N2O2. The number of amides is 2. The van der Waals surface area contributed by atoms with Crippen LogP contribution in [-0.4, -0.2) is 36.9 Å². The van der Waals surface area contributed by atoms with E-state index in [1.54, 1.807) is 31.3 Å². The monoisotopic (exact) mass is 220 g/mol. The second kappa shape index (κ2) is 5.90. The average Bonchev–Trinajstić information content (AvgIpc) is 2.35. The minimum Gasteiger partial charge on any atom is -0.358 e. The predicted octanol–water partition coefficient (Wildman–Crippen LogP) is 0.895. The fourth-order valence-corrected chi connectivity index (χ4v) is 1.34. The molecule has 4 heteroatoms. The van der Waals surface area contributed by atoms with Gasteiger partial charge in [0.05, 0.1) is 6.54 Å². The number of rotatable bonds is 4. The predicted molar refractivity (Wildman–Crippen MR) is 62.1 cm³/mol. The van der Waals surface area contributed by atoms with Crippen LogP contribution in [0.4, 0.5) is 0 Å². The molecule has 0 aliphatic rings. The lowest BCUT2D eigenvalue weighted by atomic mass is 10.2. The van der Waals surface area contributed by atoms with Crippen molar-refractivity contribution in [3.8, 4) is 0 Å². The summed E-state index contributed by atoms with van der Waals surface area (Å²) in [5, 5.41) is 2.50. The van der Waals surface area contributed by atoms with Gasteiger partial charge in [-0.2, -0.15) is 0 Å². The summed E-state index contributed by atoms with van der Waals surface area (Å²) < 4.78 is 0. The minimum atomic E-state index is -0.161. The molecule has 0 fully saturated rings. The zero-order valence-electron chi connectivity index (χ0n) is 9.56. The van der Waals surface area contributed by atoms with Gasteiger partial charge in [-0.1, -0.05) is 18.2 Å². The van der Waals surface area contributed by atoms with E-state index >= 15 is 0 Å². The summed E-state index contributed by atoms with van der Waals surface area (Å²) in [5.74, 6) is -0.280. The lowest BCUT2D eigenvalue weighted by Crippen LogP contribution is -2.39. The smallest absolute Gasteiger partial charge is 0.254 e. The van der Waals surface area contributed by atoms with Gasteiger partial charge >= 0.3 is 0 Å². The number of nitrogens with zero attached hydrogens (tertiary/aromatic N) is 1. The van der Waals surface area contributed by atoms with E-state index in [-0.39, 0.29) is 18.4 Å². The Balaban J connectivity index is 2.74. The molecule has 0 unspecified atom stereocenters. The number of benzene rings is 1. The molecule has 0 aliphatic heterocycles. The summed E-state index contributed by atoms with van der Waals surface area (Å²) >= 11 is 0. The third-order valence-corrected chi connectivity index (χ3v) is 2.30. The van der Waals surface area contributed by atoms with E-state index < -0.39 is 0 Å². The van der Waals surface area contributed by atoms with Crippen LogP contribution in [-0.2, 0) is 4.79 Å². The molecule has 0 saturated heterocycles. The zero-order valence-corrected chi connectivity index (χ0v) is 9.56. The van der Waals surface area contributed by atoms with Crippen molar-refractivity contribution < 1.29 is 9.59 Å². The molecule has 2 amide bonds. The first-order valence-electron chi connectivity index (χ1n) is 5.24. The number of hydrogen-bond donors (Lipinski definition) is 1. The van der Waals surface area contributed by atoms with Crippen LogP contribution in [0.2, 0.25) is 0 Å². The molecule has 1 aromatic carbocycles. The first-order chi connectivity index (χ1) is 7.69. The molecule has 0 heterocycles. The van der Waals surface area contributed by atoms with E-state index in [9.17, 15) is 9.59 Å². The second-order valence-corrected chi connectivity index (χ2v) is 3.36. The summed E-state index contributed by atoms with van der Waals surface area (Å²) in [5.41, 5.74) is 0.605. The Kier molecular flexibility index (Phi) is 4.51. The Morgan fingerprint density at radius 3 is 2.38 bits per heavy atom. The molecule has 0 atom stereocenters. The van der Waals surface area contributed by atoms with E-state index in [0.717, 1.165) is 0 Å². The summed E-state index contributed by atoms with van der Waals surface area (Å²) in [6.07, 6.45) is 0. The van der Waals surface area contributed by atoms with Crippen LogP contribution in [0.3, 0.4) is 0 Å². The normalized spacial score (nSPS) is 9.62. The maximum atomic E-state index is 12.0. The van der Waals surface area contributed by atoms with E-state index in [1.807, 2.05) is 13.0 Å². The Morgan fingerprint density at radius 1 is 1.25 bits per heavy atom. The molecule has 1 rings (SSSR count). The molecule has 0 aliphatic carbocycles. The third kappa shape index (κ3) is 3.08. The van der Waals surface area contributed by atoms with Crippen LogP contribution in [0.25, 0.3) is 0 Å². The maximum absolute atomic E-state index is 12.0. The standard InChI is InChI=1S/C12H16N2O2/c1-3-14(9-11(15)13-2)12(16)10-7-5-4-6-8-10/h4-8H,3,9H2,1-2H3,(H,13,15). The molecule has 0 bridgehead atoms. The van der Waals surface area contributed by atoms with Gasteiger partial charge in [-0.15, -0.1) is 0 Å². The molecule has 0 radical (unpaired) electrons. The van der Waals surface area contributed by atoms with Crippen molar-refractivity contribution >= 4 is 11.8 Å². The number of hydrogen-bond acceptors (Lipinski definition) is 2. The topological polar surface area (TPSA) is 49.4 Å². The van der Waals surface area contributed by atoms with Crippen molar-refractivity contribution in [2.75, 3.05) is 20.1 Å². The van der Waals surface area contributed by atoms with Crippen molar-refractivity contribution in [2.24, 2.45) is 0 Å². The fraction of sp³-hybridized carbons (Fsp3) is 0.333. The van der Waals surface area contributed by atoms with Gasteiger partial charge in [-0.25, -0.2) is 0 Å². The fourth-order valence-electron chi connectivity index (χ4n) is 1.34. The van der Waals surface area contributed by atoms with Gasteiger partial charge < -0.3 is 10.2 Å². The molecule has 1 N–H and O–H groups in total. The highest BCUT2D eigenvalue weighted by Crippen LogP contribution is 2.04. The Morgan fingerprint density at radius 2 is 1.88 bits per heavy atom. The quantitative estimate of drug-likeness (QED) is 0.819. The summed E-state index contributed by atoms with van der Waals surface area (Å²) in [6.45, 7) is 2.46. The van der Waals surface area contributed by atoms with Crippen molar-refractivity contribution in [2.45, 2.75) is 6.92 Å². The number of nitrogens with one attached hydrogen (secondary N) is 1. The van der Waals surface area contributed by atoms with E-state index in [2.05, 4.69) is 5.32 Å². The van der Waals surface area contributed by atoms with Crippen LogP contribution in [0, 0.1) is 0 Å². The minimum absolute atomic E-state index is 0.0979. The SMILES string of the molecule is CCN(CC(=O)NC)C(=O)c1ccccc1. The average molecular weight is 220 g/mol. The molecule has 16 heavy (non-hydrogen) atoms. The molecule has 1 aromatic rings. The highest BCUT2D eigenvalue weighted by atomic mass is 16.2. The van der Waals surface area contributed by atoms with Crippen molar-refractivity contribution in [3.63, 3.8) is 0 Å². The van der Waals surface area contributed by atoms with Crippen LogP contribution in [0.1, 0.15) is 17.3 Å². The van der Waals surface area contributed by atoms with Crippen LogP contribution in [0.5, 0.6) is 0 Å². The van der Waals surface area contributed by atoms with Gasteiger partial charge in [-0.05, 0) is 19.1 Å². The van der Waals surface area contributed by atoms with Crippen LogP contribution < -0.4 is 5.32 Å². The number of carbonyl (C=O) groups excluding carboxylic acids is 2. The van der Waals surface area contributed by atoms with Crippen LogP contribution >= 0.6 is 0 Å². The van der Waals surface area contributed by atoms with E-state index in [0.29, 0.717) is 12.1 Å². The molecule has 0 spiro atoms. The van der Waals surface area contributed by atoms with Crippen LogP contribution in [0.15, 0.2) is 30.3 Å². The lowest BCUT2D eigenvalue weighted by Gasteiger charge is -2.19. The summed E-state index contributed by atoms with van der Waals surface area (Å²) in [7, 11) is 1.56. The Hall–Kier alpha value is -1.84. The number of likely N-dealkylation sites (N-methyl/N-ethyl adjacent to an activating group) is 2. The Bertz CT molecular complexity index is 363. The van der Waals surface area contributed by atoms with Gasteiger partial charge in [0.1, 0.15) is 0 Å². The van der Waals surface area contributed by atoms with Gasteiger partial charge in [0.15, 0.2) is 0 Å². The zero-order chi connectivity index (χ0) is 12.0. The summed E-state index contributed by atoms with van der Waals surface area (Å²) in [4.78, 5) is 24.7. The Labute approximate surface area is 95.3 Å². The maximum Gasteiger partial charge on any atom is 0.254 e. The van der Waals surface area contributed by atoms with Crippen molar-refractivity contribution in [1.29, 1.82) is 0 Å².